The number of esters is 1. The topological polar surface area (TPSA) is 108 Å². The lowest BCUT2D eigenvalue weighted by atomic mass is 10.2. The van der Waals surface area contributed by atoms with Crippen molar-refractivity contribution in [2.24, 2.45) is 0 Å². The number of nitrogens with one attached hydrogen (secondary N) is 1. The van der Waals surface area contributed by atoms with Gasteiger partial charge in [0, 0.05) is 17.1 Å². The number of ether oxygens (including phenoxy) is 2. The van der Waals surface area contributed by atoms with Crippen molar-refractivity contribution in [2.75, 3.05) is 6.61 Å². The fourth-order valence-corrected chi connectivity index (χ4v) is 2.71. The van der Waals surface area contributed by atoms with E-state index >= 15 is 0 Å². The molecule has 0 heterocycles. The van der Waals surface area contributed by atoms with Crippen molar-refractivity contribution in [2.45, 2.75) is 32.7 Å². The van der Waals surface area contributed by atoms with E-state index < -0.39 is 10.9 Å². The smallest absolute Gasteiger partial charge is 0.338 e. The quantitative estimate of drug-likeness (QED) is 0.363. The first-order valence-corrected chi connectivity index (χ1v) is 9.36. The van der Waals surface area contributed by atoms with Crippen molar-refractivity contribution in [3.63, 3.8) is 0 Å². The maximum Gasteiger partial charge on any atom is 0.338 e. The first kappa shape index (κ1) is 22.2. The number of carbonyl (C=O) groups is 2. The molecule has 1 N–H and O–H groups in total. The molecule has 0 radical (unpaired) electrons. The number of carbonyl (C=O) groups excluding carboxylic acids is 2. The molecule has 9 heteroatoms. The first-order chi connectivity index (χ1) is 13.8. The summed E-state index contributed by atoms with van der Waals surface area (Å²) >= 11 is 5.77. The molecule has 2 aromatic rings. The van der Waals surface area contributed by atoms with Crippen molar-refractivity contribution in [3.8, 4) is 11.5 Å². The van der Waals surface area contributed by atoms with Crippen molar-refractivity contribution < 1.29 is 24.0 Å². The predicted molar refractivity (Wildman–Crippen MR) is 107 cm³/mol. The van der Waals surface area contributed by atoms with Crippen LogP contribution in [0.4, 0.5) is 5.69 Å². The molecule has 0 spiro atoms. The Kier molecular flexibility index (Phi) is 7.97. The average molecular weight is 421 g/mol. The summed E-state index contributed by atoms with van der Waals surface area (Å²) in [4.78, 5) is 34.3. The summed E-state index contributed by atoms with van der Waals surface area (Å²) in [7, 11) is 0. The normalized spacial score (nSPS) is 11.4. The van der Waals surface area contributed by atoms with E-state index in [1.807, 2.05) is 13.8 Å². The number of halogens is 1. The summed E-state index contributed by atoms with van der Waals surface area (Å²) in [6.45, 7) is 3.52. The fourth-order valence-electron chi connectivity index (χ4n) is 2.54. The Bertz CT molecular complexity index is 885. The van der Waals surface area contributed by atoms with Gasteiger partial charge >= 0.3 is 11.7 Å². The SMILES string of the molecule is CCC[C@H](C)NC(=O)COC(=O)c1ccc(Oc2ccc(Cl)cc2[N+](=O)[O-])cc1. The minimum absolute atomic E-state index is 0.0135. The number of rotatable bonds is 9. The largest absolute Gasteiger partial charge is 0.452 e. The molecule has 0 aliphatic carbocycles. The highest BCUT2D eigenvalue weighted by atomic mass is 35.5. The van der Waals surface area contributed by atoms with E-state index in [1.165, 1.54) is 42.5 Å². The van der Waals surface area contributed by atoms with Crippen LogP contribution in [0.1, 0.15) is 37.0 Å². The molecular formula is C20H21ClN2O6. The molecule has 2 rings (SSSR count). The number of benzene rings is 2. The maximum absolute atomic E-state index is 12.1. The minimum Gasteiger partial charge on any atom is -0.452 e. The van der Waals surface area contributed by atoms with Crippen LogP contribution in [0.25, 0.3) is 0 Å². The predicted octanol–water partition coefficient (Wildman–Crippen LogP) is 4.50. The van der Waals surface area contributed by atoms with Gasteiger partial charge in [-0.15, -0.1) is 0 Å². The van der Waals surface area contributed by atoms with E-state index in [-0.39, 0.29) is 46.3 Å². The third-order valence-electron chi connectivity index (χ3n) is 3.90. The van der Waals surface area contributed by atoms with Gasteiger partial charge in [-0.3, -0.25) is 14.9 Å². The van der Waals surface area contributed by atoms with Crippen LogP contribution in [0.15, 0.2) is 42.5 Å². The Morgan fingerprint density at radius 3 is 2.52 bits per heavy atom. The first-order valence-electron chi connectivity index (χ1n) is 8.98. The van der Waals surface area contributed by atoms with Gasteiger partial charge in [-0.1, -0.05) is 24.9 Å². The zero-order valence-corrected chi connectivity index (χ0v) is 16.8. The summed E-state index contributed by atoms with van der Waals surface area (Å²) in [5, 5.41) is 14.1. The van der Waals surface area contributed by atoms with E-state index in [2.05, 4.69) is 5.32 Å². The molecule has 1 atom stereocenters. The van der Waals surface area contributed by atoms with Crippen LogP contribution in [-0.4, -0.2) is 29.4 Å². The Morgan fingerprint density at radius 1 is 1.21 bits per heavy atom. The number of nitro benzene ring substituents is 1. The molecule has 0 saturated heterocycles. The number of amides is 1. The third-order valence-corrected chi connectivity index (χ3v) is 4.13. The second kappa shape index (κ2) is 10.4. The van der Waals surface area contributed by atoms with Crippen LogP contribution in [0.5, 0.6) is 11.5 Å². The molecule has 154 valence electrons. The minimum atomic E-state index is -0.660. The summed E-state index contributed by atoms with van der Waals surface area (Å²) in [6.07, 6.45) is 1.78. The van der Waals surface area contributed by atoms with Gasteiger partial charge in [-0.2, -0.15) is 0 Å². The second-order valence-corrected chi connectivity index (χ2v) is 6.77. The lowest BCUT2D eigenvalue weighted by molar-refractivity contribution is -0.385. The molecule has 0 saturated carbocycles. The molecule has 0 unspecified atom stereocenters. The van der Waals surface area contributed by atoms with Gasteiger partial charge in [0.2, 0.25) is 5.75 Å². The number of hydrogen-bond acceptors (Lipinski definition) is 6. The summed E-state index contributed by atoms with van der Waals surface area (Å²) in [6, 6.07) is 9.89. The van der Waals surface area contributed by atoms with E-state index in [9.17, 15) is 19.7 Å². The summed E-state index contributed by atoms with van der Waals surface area (Å²) < 4.78 is 10.5. The Balaban J connectivity index is 1.96. The number of nitro groups is 1. The van der Waals surface area contributed by atoms with Crippen LogP contribution in [0, 0.1) is 10.1 Å². The molecule has 2 aromatic carbocycles. The van der Waals surface area contributed by atoms with Crippen LogP contribution < -0.4 is 10.1 Å². The molecule has 0 aliphatic rings. The van der Waals surface area contributed by atoms with E-state index in [0.29, 0.717) is 0 Å². The van der Waals surface area contributed by atoms with Gasteiger partial charge in [0.15, 0.2) is 6.61 Å². The van der Waals surface area contributed by atoms with Gasteiger partial charge in [-0.05, 0) is 49.7 Å². The number of nitrogens with zero attached hydrogens (tertiary/aromatic N) is 1. The zero-order valence-electron chi connectivity index (χ0n) is 16.0. The van der Waals surface area contributed by atoms with Gasteiger partial charge in [0.05, 0.1) is 10.5 Å². The molecule has 29 heavy (non-hydrogen) atoms. The average Bonchev–Trinajstić information content (AvgIpc) is 2.68. The third kappa shape index (κ3) is 6.76. The zero-order chi connectivity index (χ0) is 21.4. The van der Waals surface area contributed by atoms with Crippen LogP contribution >= 0.6 is 11.6 Å². The van der Waals surface area contributed by atoms with Crippen molar-refractivity contribution in [1.82, 2.24) is 5.32 Å². The maximum atomic E-state index is 12.1. The van der Waals surface area contributed by atoms with Crippen LogP contribution in [0.2, 0.25) is 5.02 Å². The molecule has 0 aliphatic heterocycles. The molecule has 0 aromatic heterocycles. The highest BCUT2D eigenvalue weighted by molar-refractivity contribution is 6.30. The fraction of sp³-hybridized carbons (Fsp3) is 0.300. The molecule has 8 nitrogen and oxygen atoms in total. The Hall–Kier alpha value is -3.13. The molecule has 1 amide bonds. The Morgan fingerprint density at radius 2 is 1.90 bits per heavy atom. The van der Waals surface area contributed by atoms with Crippen molar-refractivity contribution >= 4 is 29.2 Å². The lowest BCUT2D eigenvalue weighted by Crippen LogP contribution is -2.35. The highest BCUT2D eigenvalue weighted by Crippen LogP contribution is 2.33. The van der Waals surface area contributed by atoms with Crippen LogP contribution in [0.3, 0.4) is 0 Å². The van der Waals surface area contributed by atoms with Crippen molar-refractivity contribution in [3.05, 3.63) is 63.2 Å². The van der Waals surface area contributed by atoms with Crippen molar-refractivity contribution in [1.29, 1.82) is 0 Å². The lowest BCUT2D eigenvalue weighted by Gasteiger charge is -2.12. The highest BCUT2D eigenvalue weighted by Gasteiger charge is 2.17. The number of hydrogen-bond donors (Lipinski definition) is 1. The monoisotopic (exact) mass is 420 g/mol. The van der Waals surface area contributed by atoms with Gasteiger partial charge in [0.25, 0.3) is 5.91 Å². The molecule has 0 bridgehead atoms. The molecular weight excluding hydrogens is 400 g/mol. The van der Waals surface area contributed by atoms with E-state index in [0.717, 1.165) is 12.8 Å². The van der Waals surface area contributed by atoms with Gasteiger partial charge < -0.3 is 14.8 Å². The molecule has 0 fully saturated rings. The second-order valence-electron chi connectivity index (χ2n) is 6.33. The standard InChI is InChI=1S/C20H21ClN2O6/c1-3-4-13(2)22-19(24)12-28-20(25)14-5-8-16(9-6-14)29-18-10-7-15(21)11-17(18)23(26)27/h5-11,13H,3-4,12H2,1-2H3,(H,22,24)/t13-/m0/s1. The summed E-state index contributed by atoms with van der Waals surface area (Å²) in [5.74, 6) is -0.715. The van der Waals surface area contributed by atoms with Crippen LogP contribution in [-0.2, 0) is 9.53 Å². The summed E-state index contributed by atoms with van der Waals surface area (Å²) in [5.41, 5.74) is -0.0540. The Labute approximate surface area is 172 Å². The van der Waals surface area contributed by atoms with E-state index in [4.69, 9.17) is 21.1 Å². The van der Waals surface area contributed by atoms with Gasteiger partial charge in [0.1, 0.15) is 5.75 Å². The van der Waals surface area contributed by atoms with E-state index in [1.54, 1.807) is 0 Å². The van der Waals surface area contributed by atoms with Gasteiger partial charge in [-0.25, -0.2) is 4.79 Å².